The number of anilines is 1. The molecule has 0 saturated carbocycles. The number of benzene rings is 3. The number of carbonyl (C=O) groups excluding carboxylic acids is 2. The van der Waals surface area contributed by atoms with E-state index in [1.165, 1.54) is 49.3 Å². The number of rotatable bonds is 12. The highest BCUT2D eigenvalue weighted by molar-refractivity contribution is 7.92. The highest BCUT2D eigenvalue weighted by atomic mass is 32.2. The Morgan fingerprint density at radius 2 is 1.62 bits per heavy atom. The molecule has 1 atom stereocenters. The highest BCUT2D eigenvalue weighted by Gasteiger charge is 2.34. The van der Waals surface area contributed by atoms with Crippen LogP contribution in [0.15, 0.2) is 77.7 Å². The molecular weight excluding hydrogens is 533 g/mol. The zero-order valence-corrected chi connectivity index (χ0v) is 24.2. The molecular formula is C30H36FN3O5S. The largest absolute Gasteiger partial charge is 0.495 e. The van der Waals surface area contributed by atoms with Gasteiger partial charge in [0.1, 0.15) is 24.2 Å². The van der Waals surface area contributed by atoms with E-state index in [1.807, 2.05) is 13.8 Å². The van der Waals surface area contributed by atoms with E-state index < -0.39 is 40.2 Å². The van der Waals surface area contributed by atoms with Crippen molar-refractivity contribution in [3.05, 3.63) is 89.7 Å². The Labute approximate surface area is 235 Å². The topological polar surface area (TPSA) is 96.0 Å². The number of sulfonamides is 1. The van der Waals surface area contributed by atoms with Crippen LogP contribution in [-0.4, -0.2) is 51.4 Å². The second-order valence-corrected chi connectivity index (χ2v) is 11.8. The van der Waals surface area contributed by atoms with Crippen molar-refractivity contribution in [2.24, 2.45) is 5.92 Å². The van der Waals surface area contributed by atoms with Crippen LogP contribution in [0.25, 0.3) is 0 Å². The number of carbonyl (C=O) groups is 2. The summed E-state index contributed by atoms with van der Waals surface area (Å²) in [6, 6.07) is 17.7. The summed E-state index contributed by atoms with van der Waals surface area (Å²) in [5.41, 5.74) is 1.12. The molecule has 0 spiro atoms. The predicted molar refractivity (Wildman–Crippen MR) is 153 cm³/mol. The van der Waals surface area contributed by atoms with E-state index in [0.29, 0.717) is 6.54 Å². The van der Waals surface area contributed by atoms with Crippen LogP contribution in [-0.2, 0) is 26.2 Å². The Morgan fingerprint density at radius 3 is 2.25 bits per heavy atom. The molecule has 3 rings (SSSR count). The zero-order chi connectivity index (χ0) is 29.4. The number of amides is 2. The number of hydrogen-bond donors (Lipinski definition) is 1. The number of nitrogens with one attached hydrogen (secondary N) is 1. The summed E-state index contributed by atoms with van der Waals surface area (Å²) in [7, 11) is -2.84. The molecule has 0 aliphatic heterocycles. The molecule has 0 saturated heterocycles. The Bertz CT molecular complexity index is 1430. The third-order valence-corrected chi connectivity index (χ3v) is 8.14. The van der Waals surface area contributed by atoms with E-state index in [2.05, 4.69) is 5.32 Å². The number of aryl methyl sites for hydroxylation is 1. The first-order valence-electron chi connectivity index (χ1n) is 13.0. The molecule has 3 aromatic rings. The molecule has 0 heterocycles. The summed E-state index contributed by atoms with van der Waals surface area (Å²) >= 11 is 0. The van der Waals surface area contributed by atoms with E-state index in [1.54, 1.807) is 49.4 Å². The average Bonchev–Trinajstić information content (AvgIpc) is 2.94. The summed E-state index contributed by atoms with van der Waals surface area (Å²) < 4.78 is 48.9. The van der Waals surface area contributed by atoms with Gasteiger partial charge >= 0.3 is 0 Å². The monoisotopic (exact) mass is 569 g/mol. The summed E-state index contributed by atoms with van der Waals surface area (Å²) in [5.74, 6) is -1.22. The van der Waals surface area contributed by atoms with Crippen molar-refractivity contribution in [1.29, 1.82) is 0 Å². The van der Waals surface area contributed by atoms with Gasteiger partial charge < -0.3 is 15.0 Å². The third-order valence-electron chi connectivity index (χ3n) is 6.36. The molecule has 214 valence electrons. The number of hydrogen-bond acceptors (Lipinski definition) is 5. The lowest BCUT2D eigenvalue weighted by atomic mass is 10.1. The third kappa shape index (κ3) is 7.38. The van der Waals surface area contributed by atoms with Crippen molar-refractivity contribution in [2.45, 2.75) is 45.2 Å². The van der Waals surface area contributed by atoms with Gasteiger partial charge in [0.25, 0.3) is 10.0 Å². The van der Waals surface area contributed by atoms with Crippen LogP contribution in [0.1, 0.15) is 31.9 Å². The van der Waals surface area contributed by atoms with Gasteiger partial charge in [-0.3, -0.25) is 13.9 Å². The molecule has 0 aliphatic carbocycles. The van der Waals surface area contributed by atoms with Crippen molar-refractivity contribution >= 4 is 27.5 Å². The molecule has 0 bridgehead atoms. The lowest BCUT2D eigenvalue weighted by Gasteiger charge is -2.32. The fourth-order valence-electron chi connectivity index (χ4n) is 4.07. The van der Waals surface area contributed by atoms with E-state index in [4.69, 9.17) is 4.74 Å². The SMILES string of the molecule is COc1ccc(C)cc1N(CC(=O)N(Cc1ccccc1F)[C@@H](C)C(=O)NCC(C)C)S(=O)(=O)c1ccccc1. The van der Waals surface area contributed by atoms with E-state index in [-0.39, 0.29) is 34.4 Å². The van der Waals surface area contributed by atoms with Crippen molar-refractivity contribution in [3.63, 3.8) is 0 Å². The smallest absolute Gasteiger partial charge is 0.264 e. The van der Waals surface area contributed by atoms with Gasteiger partial charge in [0.15, 0.2) is 0 Å². The van der Waals surface area contributed by atoms with Crippen LogP contribution in [0, 0.1) is 18.7 Å². The van der Waals surface area contributed by atoms with E-state index >= 15 is 0 Å². The highest BCUT2D eigenvalue weighted by Crippen LogP contribution is 2.33. The standard InChI is InChI=1S/C30H36FN3O5S/c1-21(2)18-32-30(36)23(4)33(19-24-11-9-10-14-26(24)31)29(35)20-34(27-17-22(3)15-16-28(27)39-5)40(37,38)25-12-7-6-8-13-25/h6-17,21,23H,18-20H2,1-5H3,(H,32,36)/t23-/m0/s1. The summed E-state index contributed by atoms with van der Waals surface area (Å²) in [4.78, 5) is 28.2. The fraction of sp³-hybridized carbons (Fsp3) is 0.333. The van der Waals surface area contributed by atoms with Crippen molar-refractivity contribution in [2.75, 3.05) is 24.5 Å². The maximum Gasteiger partial charge on any atom is 0.264 e. The van der Waals surface area contributed by atoms with Gasteiger partial charge in [-0.2, -0.15) is 0 Å². The Hall–Kier alpha value is -3.92. The van der Waals surface area contributed by atoms with Crippen LogP contribution < -0.4 is 14.4 Å². The molecule has 8 nitrogen and oxygen atoms in total. The second kappa shape index (κ2) is 13.4. The molecule has 3 aromatic carbocycles. The summed E-state index contributed by atoms with van der Waals surface area (Å²) in [6.45, 7) is 6.73. The lowest BCUT2D eigenvalue weighted by molar-refractivity contribution is -0.139. The Balaban J connectivity index is 2.08. The van der Waals surface area contributed by atoms with Crippen LogP contribution in [0.5, 0.6) is 5.75 Å². The molecule has 0 radical (unpaired) electrons. The Kier molecular flexibility index (Phi) is 10.3. The van der Waals surface area contributed by atoms with E-state index in [0.717, 1.165) is 9.87 Å². The average molecular weight is 570 g/mol. The van der Waals surface area contributed by atoms with Gasteiger partial charge in [-0.15, -0.1) is 0 Å². The van der Waals surface area contributed by atoms with E-state index in [9.17, 15) is 22.4 Å². The van der Waals surface area contributed by atoms with Gasteiger partial charge in [-0.1, -0.05) is 56.3 Å². The quantitative estimate of drug-likeness (QED) is 0.346. The van der Waals surface area contributed by atoms with Crippen LogP contribution in [0.4, 0.5) is 10.1 Å². The van der Waals surface area contributed by atoms with Gasteiger partial charge in [0.05, 0.1) is 17.7 Å². The minimum atomic E-state index is -4.25. The number of methoxy groups -OCH3 is 1. The fourth-order valence-corrected chi connectivity index (χ4v) is 5.51. The maximum absolute atomic E-state index is 14.7. The molecule has 0 aromatic heterocycles. The summed E-state index contributed by atoms with van der Waals surface area (Å²) in [6.07, 6.45) is 0. The van der Waals surface area contributed by atoms with Crippen LogP contribution >= 0.6 is 0 Å². The van der Waals surface area contributed by atoms with Gasteiger partial charge in [0.2, 0.25) is 11.8 Å². The van der Waals surface area contributed by atoms with Gasteiger partial charge in [0, 0.05) is 18.7 Å². The van der Waals surface area contributed by atoms with Crippen LogP contribution in [0.2, 0.25) is 0 Å². The molecule has 0 unspecified atom stereocenters. The second-order valence-electron chi connectivity index (χ2n) is 9.93. The number of halogens is 1. The first kappa shape index (κ1) is 30.6. The molecule has 0 aliphatic rings. The Morgan fingerprint density at radius 1 is 0.975 bits per heavy atom. The summed E-state index contributed by atoms with van der Waals surface area (Å²) in [5, 5.41) is 2.81. The van der Waals surface area contributed by atoms with Crippen molar-refractivity contribution in [1.82, 2.24) is 10.2 Å². The lowest BCUT2D eigenvalue weighted by Crippen LogP contribution is -2.51. The maximum atomic E-state index is 14.7. The van der Waals surface area contributed by atoms with Crippen molar-refractivity contribution < 1.29 is 27.1 Å². The van der Waals surface area contributed by atoms with Gasteiger partial charge in [-0.25, -0.2) is 12.8 Å². The first-order chi connectivity index (χ1) is 18.9. The molecule has 1 N–H and O–H groups in total. The normalized spacial score (nSPS) is 12.1. The van der Waals surface area contributed by atoms with Crippen LogP contribution in [0.3, 0.4) is 0 Å². The zero-order valence-electron chi connectivity index (χ0n) is 23.4. The molecule has 10 heteroatoms. The van der Waals surface area contributed by atoms with Crippen molar-refractivity contribution in [3.8, 4) is 5.75 Å². The number of ether oxygens (including phenoxy) is 1. The number of nitrogens with zero attached hydrogens (tertiary/aromatic N) is 2. The molecule has 2 amide bonds. The predicted octanol–water partition coefficient (Wildman–Crippen LogP) is 4.53. The first-order valence-corrected chi connectivity index (χ1v) is 14.4. The molecule has 0 fully saturated rings. The molecule has 40 heavy (non-hydrogen) atoms. The minimum absolute atomic E-state index is 0.0188. The minimum Gasteiger partial charge on any atom is -0.495 e. The van der Waals surface area contributed by atoms with Gasteiger partial charge in [-0.05, 0) is 55.7 Å².